The topological polar surface area (TPSA) is 106 Å². The number of carbonyl (C=O) groups is 2. The number of hydrogen-bond acceptors (Lipinski definition) is 6. The van der Waals surface area contributed by atoms with Crippen molar-refractivity contribution in [1.82, 2.24) is 30.4 Å². The van der Waals surface area contributed by atoms with E-state index in [0.717, 1.165) is 46.5 Å². The Morgan fingerprint density at radius 1 is 1.13 bits per heavy atom. The number of aromatic amines is 1. The van der Waals surface area contributed by atoms with Gasteiger partial charge in [-0.3, -0.25) is 19.7 Å². The molecule has 1 aromatic carbocycles. The van der Waals surface area contributed by atoms with Gasteiger partial charge < -0.3 is 15.2 Å². The highest BCUT2D eigenvalue weighted by Crippen LogP contribution is 2.65. The van der Waals surface area contributed by atoms with Crippen molar-refractivity contribution in [2.45, 2.75) is 63.6 Å². The first-order valence-electron chi connectivity index (χ1n) is 16.2. The molecule has 0 radical (unpaired) electrons. The molecule has 0 spiro atoms. The minimum absolute atomic E-state index is 0.00857. The average Bonchev–Trinajstić information content (AvgIpc) is 3.87. The molecule has 3 N–H and O–H groups in total. The summed E-state index contributed by atoms with van der Waals surface area (Å²) in [4.78, 5) is 36.5. The van der Waals surface area contributed by atoms with E-state index in [1.54, 1.807) is 12.4 Å². The summed E-state index contributed by atoms with van der Waals surface area (Å²) in [5.74, 6) is 1.81. The molecule has 1 saturated heterocycles. The van der Waals surface area contributed by atoms with Gasteiger partial charge in [0.1, 0.15) is 0 Å². The van der Waals surface area contributed by atoms with Crippen molar-refractivity contribution in [1.29, 1.82) is 0 Å². The number of benzene rings is 1. The molecule has 45 heavy (non-hydrogen) atoms. The van der Waals surface area contributed by atoms with E-state index in [0.29, 0.717) is 61.9 Å². The summed E-state index contributed by atoms with van der Waals surface area (Å²) in [7, 11) is 0. The number of pyridine rings is 1. The summed E-state index contributed by atoms with van der Waals surface area (Å²) in [5.41, 5.74) is 14.6. The lowest BCUT2D eigenvalue weighted by atomic mass is 9.89. The van der Waals surface area contributed by atoms with E-state index in [1.165, 1.54) is 17.7 Å². The van der Waals surface area contributed by atoms with Gasteiger partial charge in [0, 0.05) is 69.1 Å². The predicted octanol–water partition coefficient (Wildman–Crippen LogP) is 5.29. The molecule has 3 aromatic rings. The third-order valence-electron chi connectivity index (χ3n) is 11.2. The van der Waals surface area contributed by atoms with Gasteiger partial charge in [0.2, 0.25) is 11.8 Å². The summed E-state index contributed by atoms with van der Waals surface area (Å²) >= 11 is 6.74. The third-order valence-corrected chi connectivity index (χ3v) is 11.5. The number of halogens is 1. The fraction of sp³-hybridized carbons (Fsp3) is 0.429. The lowest BCUT2D eigenvalue weighted by molar-refractivity contribution is -0.144. The van der Waals surface area contributed by atoms with E-state index in [2.05, 4.69) is 50.3 Å². The number of aromatic nitrogens is 3. The Balaban J connectivity index is 0.934. The highest BCUT2D eigenvalue weighted by Gasteiger charge is 2.64. The number of carbonyl (C=O) groups excluding carboxylic acids is 2. The van der Waals surface area contributed by atoms with Crippen molar-refractivity contribution >= 4 is 34.7 Å². The van der Waals surface area contributed by atoms with E-state index < -0.39 is 5.41 Å². The average molecular weight is 622 g/mol. The standard InChI is InChI=1S/C35H36ClN7O2/c36-29-13-25-27(26-17-38-41-33(26)29)19-43(18-20-4-8-37-9-5-20)34(45)35(15-28(25)35)16-32(44)42-10-6-21(7-11-42)30-14-31(40-39-30)23-3-1-2-22-12-24(22)23/h1-5,8-9,13-14,21-22,24,28,38,41H,6-7,10-12,15-19H2,(H,39,40)/t22?,24?,28?,35-/m1/s1. The Morgan fingerprint density at radius 2 is 1.98 bits per heavy atom. The SMILES string of the molecule is O=C(C[C@]12CC1c1cc(Cl)c3c(c1CN(Cc1ccncc1)C2=O)CNN3)N1CCC(c2cc(C3=CC=CC4CC34)n[nH]2)CC1. The predicted molar refractivity (Wildman–Crippen MR) is 171 cm³/mol. The van der Waals surface area contributed by atoms with E-state index >= 15 is 0 Å². The molecule has 6 aliphatic rings. The maximum Gasteiger partial charge on any atom is 0.230 e. The van der Waals surface area contributed by atoms with Crippen LogP contribution in [0.4, 0.5) is 5.69 Å². The molecule has 10 heteroatoms. The number of amides is 2. The first-order valence-corrected chi connectivity index (χ1v) is 16.6. The molecule has 2 saturated carbocycles. The number of anilines is 1. The number of hydrazine groups is 1. The molecule has 5 heterocycles. The number of nitrogens with one attached hydrogen (secondary N) is 3. The Morgan fingerprint density at radius 3 is 2.82 bits per heavy atom. The largest absolute Gasteiger partial charge is 0.343 e. The van der Waals surface area contributed by atoms with Crippen LogP contribution in [0.25, 0.3) is 5.57 Å². The van der Waals surface area contributed by atoms with Crippen molar-refractivity contribution in [3.8, 4) is 0 Å². The Bertz CT molecular complexity index is 1780. The fourth-order valence-corrected chi connectivity index (χ4v) is 8.73. The molecule has 230 valence electrons. The maximum atomic E-state index is 14.4. The first-order chi connectivity index (χ1) is 22.0. The Kier molecular flexibility index (Phi) is 6.26. The Labute approximate surface area is 267 Å². The lowest BCUT2D eigenvalue weighted by Gasteiger charge is -2.33. The van der Waals surface area contributed by atoms with Crippen molar-refractivity contribution in [2.75, 3.05) is 18.5 Å². The van der Waals surface area contributed by atoms with Crippen molar-refractivity contribution in [3.63, 3.8) is 0 Å². The maximum absolute atomic E-state index is 14.4. The van der Waals surface area contributed by atoms with Crippen LogP contribution in [0.2, 0.25) is 5.02 Å². The molecule has 2 amide bonds. The van der Waals surface area contributed by atoms with Crippen molar-refractivity contribution < 1.29 is 9.59 Å². The van der Waals surface area contributed by atoms with E-state index in [9.17, 15) is 9.59 Å². The number of fused-ring (bicyclic) bond motifs is 6. The molecular weight excluding hydrogens is 586 g/mol. The number of hydrogen-bond donors (Lipinski definition) is 3. The lowest BCUT2D eigenvalue weighted by Crippen LogP contribution is -2.42. The number of rotatable bonds is 6. The van der Waals surface area contributed by atoms with Crippen LogP contribution in [-0.2, 0) is 29.2 Å². The quantitative estimate of drug-likeness (QED) is 0.345. The van der Waals surface area contributed by atoms with Gasteiger partial charge in [0.15, 0.2) is 0 Å². The summed E-state index contributed by atoms with van der Waals surface area (Å²) < 4.78 is 0. The second-order valence-corrected chi connectivity index (χ2v) is 14.1. The van der Waals surface area contributed by atoms with Crippen LogP contribution in [0.1, 0.15) is 77.6 Å². The van der Waals surface area contributed by atoms with Crippen LogP contribution >= 0.6 is 11.6 Å². The van der Waals surface area contributed by atoms with Crippen LogP contribution in [0.3, 0.4) is 0 Å². The van der Waals surface area contributed by atoms with Gasteiger partial charge in [0.25, 0.3) is 0 Å². The molecule has 3 aliphatic carbocycles. The Hall–Kier alpha value is -3.95. The van der Waals surface area contributed by atoms with E-state index in [4.69, 9.17) is 11.6 Å². The molecule has 2 aromatic heterocycles. The number of allylic oxidation sites excluding steroid dienone is 4. The van der Waals surface area contributed by atoms with Crippen LogP contribution in [-0.4, -0.2) is 49.9 Å². The van der Waals surface area contributed by atoms with Gasteiger partial charge in [-0.05, 0) is 89.6 Å². The van der Waals surface area contributed by atoms with Gasteiger partial charge in [-0.2, -0.15) is 5.10 Å². The van der Waals surface area contributed by atoms with Gasteiger partial charge in [-0.1, -0.05) is 29.8 Å². The van der Waals surface area contributed by atoms with Crippen LogP contribution in [0, 0.1) is 17.3 Å². The summed E-state index contributed by atoms with van der Waals surface area (Å²) in [6.07, 6.45) is 14.1. The smallest absolute Gasteiger partial charge is 0.230 e. The van der Waals surface area contributed by atoms with Gasteiger partial charge in [-0.25, -0.2) is 5.43 Å². The zero-order valence-corrected chi connectivity index (χ0v) is 25.8. The summed E-state index contributed by atoms with van der Waals surface area (Å²) in [6, 6.07) is 8.16. The number of nitrogens with zero attached hydrogens (tertiary/aromatic N) is 4. The minimum atomic E-state index is -0.732. The van der Waals surface area contributed by atoms with Crippen LogP contribution in [0.5, 0.6) is 0 Å². The first kappa shape index (κ1) is 27.4. The zero-order valence-electron chi connectivity index (χ0n) is 25.1. The molecule has 9 nitrogen and oxygen atoms in total. The van der Waals surface area contributed by atoms with Gasteiger partial charge >= 0.3 is 0 Å². The van der Waals surface area contributed by atoms with Gasteiger partial charge in [0.05, 0.1) is 21.8 Å². The molecule has 9 rings (SSSR count). The number of piperidine rings is 1. The highest BCUT2D eigenvalue weighted by molar-refractivity contribution is 6.33. The summed E-state index contributed by atoms with van der Waals surface area (Å²) in [5, 5.41) is 8.64. The van der Waals surface area contributed by atoms with Crippen LogP contribution in [0.15, 0.2) is 54.9 Å². The molecular formula is C35H36ClN7O2. The normalized spacial score (nSPS) is 28.0. The summed E-state index contributed by atoms with van der Waals surface area (Å²) in [6.45, 7) is 3.01. The fourth-order valence-electron chi connectivity index (χ4n) is 8.45. The second kappa shape index (κ2) is 10.3. The second-order valence-electron chi connectivity index (χ2n) is 13.7. The van der Waals surface area contributed by atoms with Crippen molar-refractivity contribution in [2.24, 2.45) is 17.3 Å². The molecule has 4 atom stereocenters. The monoisotopic (exact) mass is 621 g/mol. The number of H-pyrrole nitrogens is 1. The van der Waals surface area contributed by atoms with Crippen LogP contribution < -0.4 is 10.9 Å². The third kappa shape index (κ3) is 4.54. The molecule has 3 aliphatic heterocycles. The zero-order chi connectivity index (χ0) is 30.3. The molecule has 3 unspecified atom stereocenters. The number of likely N-dealkylation sites (tertiary alicyclic amines) is 1. The molecule has 3 fully saturated rings. The van der Waals surface area contributed by atoms with E-state index in [1.807, 2.05) is 28.0 Å². The van der Waals surface area contributed by atoms with Gasteiger partial charge in [-0.15, -0.1) is 0 Å². The highest BCUT2D eigenvalue weighted by atomic mass is 35.5. The van der Waals surface area contributed by atoms with E-state index in [-0.39, 0.29) is 24.2 Å². The van der Waals surface area contributed by atoms with Crippen molar-refractivity contribution in [3.05, 3.63) is 93.6 Å². The minimum Gasteiger partial charge on any atom is -0.343 e. The molecule has 0 bridgehead atoms.